The number of non-ortho nitro benzene ring substituents is 1. The molecule has 2 rings (SSSR count). The summed E-state index contributed by atoms with van der Waals surface area (Å²) < 4.78 is 11.1. The predicted octanol–water partition coefficient (Wildman–Crippen LogP) is 2.61. The number of hydrogen-bond acceptors (Lipinski definition) is 6. The highest BCUT2D eigenvalue weighted by atomic mass is 32.1. The van der Waals surface area contributed by atoms with E-state index in [0.717, 1.165) is 11.1 Å². The molecule has 0 aliphatic carbocycles. The van der Waals surface area contributed by atoms with Crippen LogP contribution in [0, 0.1) is 10.1 Å². The standard InChI is InChI=1S/C17H18N4O4S/c1-18-17(26)20-19-10-13-5-8-15(16(9-13)24-2)25-11-12-3-6-14(7-4-12)21(22)23/h3-10H,11H2,1-2H3,(H2,18,20,26)/b19-10-. The van der Waals surface area contributed by atoms with Gasteiger partial charge in [-0.15, -0.1) is 0 Å². The van der Waals surface area contributed by atoms with Crippen LogP contribution in [-0.2, 0) is 6.61 Å². The van der Waals surface area contributed by atoms with Gasteiger partial charge in [0.1, 0.15) is 6.61 Å². The van der Waals surface area contributed by atoms with E-state index in [-0.39, 0.29) is 12.3 Å². The molecule has 26 heavy (non-hydrogen) atoms. The van der Waals surface area contributed by atoms with E-state index in [0.29, 0.717) is 16.6 Å². The van der Waals surface area contributed by atoms with Crippen molar-refractivity contribution in [1.29, 1.82) is 0 Å². The van der Waals surface area contributed by atoms with Gasteiger partial charge >= 0.3 is 0 Å². The molecule has 0 bridgehead atoms. The molecular weight excluding hydrogens is 356 g/mol. The van der Waals surface area contributed by atoms with Crippen molar-refractivity contribution >= 4 is 29.2 Å². The van der Waals surface area contributed by atoms with E-state index < -0.39 is 4.92 Å². The van der Waals surface area contributed by atoms with Gasteiger partial charge in [0.15, 0.2) is 16.6 Å². The Morgan fingerprint density at radius 3 is 2.62 bits per heavy atom. The van der Waals surface area contributed by atoms with Crippen LogP contribution in [-0.4, -0.2) is 30.4 Å². The van der Waals surface area contributed by atoms with Gasteiger partial charge in [-0.2, -0.15) is 5.10 Å². The molecule has 0 fully saturated rings. The third kappa shape index (κ3) is 5.42. The Balaban J connectivity index is 2.02. The van der Waals surface area contributed by atoms with Crippen LogP contribution in [0.2, 0.25) is 0 Å². The minimum Gasteiger partial charge on any atom is -0.493 e. The number of hydrogen-bond donors (Lipinski definition) is 2. The predicted molar refractivity (Wildman–Crippen MR) is 103 cm³/mol. The summed E-state index contributed by atoms with van der Waals surface area (Å²) in [5.41, 5.74) is 4.32. The molecule has 0 spiro atoms. The molecule has 0 aliphatic heterocycles. The van der Waals surface area contributed by atoms with E-state index >= 15 is 0 Å². The number of ether oxygens (including phenoxy) is 2. The van der Waals surface area contributed by atoms with E-state index in [2.05, 4.69) is 15.8 Å². The maximum Gasteiger partial charge on any atom is 0.269 e. The lowest BCUT2D eigenvalue weighted by atomic mass is 10.2. The van der Waals surface area contributed by atoms with Crippen molar-refractivity contribution in [2.75, 3.05) is 14.2 Å². The fourth-order valence-electron chi connectivity index (χ4n) is 1.98. The molecule has 0 heterocycles. The first-order valence-corrected chi connectivity index (χ1v) is 7.99. The average Bonchev–Trinajstić information content (AvgIpc) is 2.66. The molecule has 9 heteroatoms. The number of methoxy groups -OCH3 is 1. The fourth-order valence-corrected chi connectivity index (χ4v) is 2.03. The number of thiocarbonyl (C=S) groups is 1. The highest BCUT2D eigenvalue weighted by Gasteiger charge is 2.07. The maximum atomic E-state index is 10.7. The van der Waals surface area contributed by atoms with E-state index in [4.69, 9.17) is 21.7 Å². The zero-order valence-electron chi connectivity index (χ0n) is 14.3. The van der Waals surface area contributed by atoms with Gasteiger partial charge in [-0.05, 0) is 53.7 Å². The smallest absolute Gasteiger partial charge is 0.269 e. The Hall–Kier alpha value is -3.20. The first kappa shape index (κ1) is 19.1. The normalized spacial score (nSPS) is 10.4. The number of benzene rings is 2. The van der Waals surface area contributed by atoms with Crippen LogP contribution in [0.1, 0.15) is 11.1 Å². The Morgan fingerprint density at radius 1 is 1.27 bits per heavy atom. The summed E-state index contributed by atoms with van der Waals surface area (Å²) in [5, 5.41) is 17.8. The Labute approximate surface area is 156 Å². The van der Waals surface area contributed by atoms with Crippen LogP contribution in [0.5, 0.6) is 11.5 Å². The summed E-state index contributed by atoms with van der Waals surface area (Å²) in [4.78, 5) is 10.2. The number of nitrogens with zero attached hydrogens (tertiary/aromatic N) is 2. The number of rotatable bonds is 7. The van der Waals surface area contributed by atoms with Gasteiger partial charge in [0.05, 0.1) is 18.2 Å². The third-order valence-corrected chi connectivity index (χ3v) is 3.63. The SMILES string of the molecule is CNC(=S)N/N=C\c1ccc(OCc2ccc([N+](=O)[O-])cc2)c(OC)c1. The van der Waals surface area contributed by atoms with Crippen molar-refractivity contribution in [2.45, 2.75) is 6.61 Å². The molecule has 0 amide bonds. The first-order chi connectivity index (χ1) is 12.5. The highest BCUT2D eigenvalue weighted by molar-refractivity contribution is 7.80. The van der Waals surface area contributed by atoms with Crippen molar-refractivity contribution in [3.8, 4) is 11.5 Å². The molecule has 0 aliphatic rings. The lowest BCUT2D eigenvalue weighted by molar-refractivity contribution is -0.384. The van der Waals surface area contributed by atoms with Crippen molar-refractivity contribution in [1.82, 2.24) is 10.7 Å². The minimum atomic E-state index is -0.438. The molecule has 2 aromatic carbocycles. The summed E-state index contributed by atoms with van der Waals surface area (Å²) >= 11 is 4.93. The second kappa shape index (κ2) is 9.33. The zero-order chi connectivity index (χ0) is 18.9. The summed E-state index contributed by atoms with van der Waals surface area (Å²) in [6.45, 7) is 0.264. The largest absolute Gasteiger partial charge is 0.493 e. The molecule has 0 aromatic heterocycles. The lowest BCUT2D eigenvalue weighted by Crippen LogP contribution is -2.28. The molecule has 136 valence electrons. The summed E-state index contributed by atoms with van der Waals surface area (Å²) in [7, 11) is 3.24. The van der Waals surface area contributed by atoms with Crippen molar-refractivity contribution in [2.24, 2.45) is 5.10 Å². The Bertz CT molecular complexity index is 809. The van der Waals surface area contributed by atoms with Gasteiger partial charge in [-0.3, -0.25) is 15.5 Å². The molecule has 0 saturated heterocycles. The molecule has 8 nitrogen and oxygen atoms in total. The Morgan fingerprint density at radius 2 is 2.00 bits per heavy atom. The van der Waals surface area contributed by atoms with Crippen molar-refractivity contribution < 1.29 is 14.4 Å². The summed E-state index contributed by atoms with van der Waals surface area (Å²) in [5.74, 6) is 1.11. The maximum absolute atomic E-state index is 10.7. The zero-order valence-corrected chi connectivity index (χ0v) is 15.1. The van der Waals surface area contributed by atoms with Crippen LogP contribution >= 0.6 is 12.2 Å². The molecule has 0 saturated carbocycles. The van der Waals surface area contributed by atoms with Crippen LogP contribution in [0.3, 0.4) is 0 Å². The van der Waals surface area contributed by atoms with E-state index in [1.54, 1.807) is 44.6 Å². The molecule has 0 atom stereocenters. The van der Waals surface area contributed by atoms with E-state index in [1.807, 2.05) is 6.07 Å². The van der Waals surface area contributed by atoms with E-state index in [9.17, 15) is 10.1 Å². The minimum absolute atomic E-state index is 0.0429. The molecule has 2 N–H and O–H groups in total. The summed E-state index contributed by atoms with van der Waals surface area (Å²) in [6, 6.07) is 11.6. The quantitative estimate of drug-likeness (QED) is 0.333. The van der Waals surface area contributed by atoms with Gasteiger partial charge in [-0.25, -0.2) is 0 Å². The average molecular weight is 374 g/mol. The molecule has 0 unspecified atom stereocenters. The molecule has 0 radical (unpaired) electrons. The van der Waals surface area contributed by atoms with Crippen molar-refractivity contribution in [3.05, 3.63) is 63.7 Å². The summed E-state index contributed by atoms with van der Waals surface area (Å²) in [6.07, 6.45) is 1.60. The van der Waals surface area contributed by atoms with Gasteiger partial charge in [-0.1, -0.05) is 0 Å². The van der Waals surface area contributed by atoms with Gasteiger partial charge in [0.2, 0.25) is 0 Å². The Kier molecular flexibility index (Phi) is 6.86. The highest BCUT2D eigenvalue weighted by Crippen LogP contribution is 2.28. The molecular formula is C17H18N4O4S. The second-order valence-corrected chi connectivity index (χ2v) is 5.48. The van der Waals surface area contributed by atoms with E-state index in [1.165, 1.54) is 12.1 Å². The van der Waals surface area contributed by atoms with Crippen LogP contribution < -0.4 is 20.2 Å². The lowest BCUT2D eigenvalue weighted by Gasteiger charge is -2.11. The monoisotopic (exact) mass is 374 g/mol. The van der Waals surface area contributed by atoms with Gasteiger partial charge in [0.25, 0.3) is 5.69 Å². The topological polar surface area (TPSA) is 98.0 Å². The van der Waals surface area contributed by atoms with Crippen LogP contribution in [0.4, 0.5) is 5.69 Å². The van der Waals surface area contributed by atoms with Crippen LogP contribution in [0.25, 0.3) is 0 Å². The third-order valence-electron chi connectivity index (χ3n) is 3.34. The van der Waals surface area contributed by atoms with Crippen molar-refractivity contribution in [3.63, 3.8) is 0 Å². The first-order valence-electron chi connectivity index (χ1n) is 7.58. The van der Waals surface area contributed by atoms with Gasteiger partial charge in [0, 0.05) is 19.2 Å². The fraction of sp³-hybridized carbons (Fsp3) is 0.176. The van der Waals surface area contributed by atoms with Crippen LogP contribution in [0.15, 0.2) is 47.6 Å². The number of nitro groups is 1. The second-order valence-electron chi connectivity index (χ2n) is 5.07. The number of hydrazone groups is 1. The number of nitrogens with one attached hydrogen (secondary N) is 2. The molecule has 2 aromatic rings. The van der Waals surface area contributed by atoms with Gasteiger partial charge < -0.3 is 14.8 Å². The number of nitro benzene ring substituents is 1.